The molecule has 0 aliphatic rings. The number of benzene rings is 9. The molecule has 0 N–H and O–H groups in total. The minimum atomic E-state index is 0.559. The molecule has 16 aromatic rings. The Hall–Kier alpha value is -10.4. The van der Waals surface area contributed by atoms with Crippen molar-refractivity contribution in [1.29, 1.82) is 0 Å². The number of allylic oxidation sites excluding steroid dienone is 3. The first-order chi connectivity index (χ1) is 39.2. The van der Waals surface area contributed by atoms with Crippen molar-refractivity contribution in [2.75, 3.05) is 0 Å². The Labute approximate surface area is 459 Å². The van der Waals surface area contributed by atoms with Crippen LogP contribution in [0.15, 0.2) is 216 Å². The summed E-state index contributed by atoms with van der Waals surface area (Å²) in [6.07, 6.45) is 5.75. The van der Waals surface area contributed by atoms with Crippen LogP contribution in [0.3, 0.4) is 0 Å². The monoisotopic (exact) mass is 1040 g/mol. The van der Waals surface area contributed by atoms with Gasteiger partial charge in [0.25, 0.3) is 0 Å². The Morgan fingerprint density at radius 1 is 0.388 bits per heavy atom. The van der Waals surface area contributed by atoms with E-state index in [0.717, 1.165) is 139 Å². The van der Waals surface area contributed by atoms with E-state index in [0.29, 0.717) is 17.5 Å². The van der Waals surface area contributed by atoms with Crippen molar-refractivity contribution in [3.05, 3.63) is 223 Å². The number of hydrogen-bond acceptors (Lipinski definition) is 7. The summed E-state index contributed by atoms with van der Waals surface area (Å²) in [5.74, 6) is 3.43. The van der Waals surface area contributed by atoms with Gasteiger partial charge in [-0.2, -0.15) is 0 Å². The van der Waals surface area contributed by atoms with E-state index in [9.17, 15) is 0 Å². The number of rotatable bonds is 5. The van der Waals surface area contributed by atoms with E-state index in [1.54, 1.807) is 6.08 Å². The van der Waals surface area contributed by atoms with Crippen molar-refractivity contribution in [3.8, 4) is 45.5 Å². The molecule has 0 bridgehead atoms. The van der Waals surface area contributed by atoms with E-state index in [4.69, 9.17) is 33.8 Å². The van der Waals surface area contributed by atoms with Gasteiger partial charge in [0.2, 0.25) is 11.6 Å². The first kappa shape index (κ1) is 48.0. The van der Waals surface area contributed by atoms with Gasteiger partial charge in [0, 0.05) is 38.2 Å². The van der Waals surface area contributed by atoms with E-state index in [-0.39, 0.29) is 0 Å². The van der Waals surface area contributed by atoms with Crippen LogP contribution in [0, 0.1) is 20.8 Å². The van der Waals surface area contributed by atoms with Crippen molar-refractivity contribution in [1.82, 2.24) is 42.9 Å². The zero-order valence-electron chi connectivity index (χ0n) is 45.1. The molecule has 7 aromatic heterocycles. The van der Waals surface area contributed by atoms with Crippen LogP contribution in [0.5, 0.6) is 0 Å². The van der Waals surface area contributed by atoms with Crippen molar-refractivity contribution >= 4 is 99.6 Å². The molecule has 9 aromatic carbocycles. The lowest BCUT2D eigenvalue weighted by Gasteiger charge is -2.13. The van der Waals surface area contributed by atoms with Crippen molar-refractivity contribution < 1.29 is 8.83 Å². The fourth-order valence-corrected chi connectivity index (χ4v) is 11.6. The molecule has 0 saturated heterocycles. The molecular formula is C69H53N9O2. The smallest absolute Gasteiger partial charge is 0.220 e. The summed E-state index contributed by atoms with van der Waals surface area (Å²) in [6.45, 7) is 15.6. The standard InChI is InChI=1S/C62H39N9O2.C4H8.C3H6/c1-34-28-35(2)57(36(3)29-34)60-66-58(37-20-24-53-41(30-37)43-32-39(22-26-55(43)72-53)68-49-16-8-10-18-51(49)70-47-14-6-4-12-45(47)63-61(68)70)65-59(67-60)38-21-25-54-42(31-38)44-33-40(23-27-56(44)73-54)69-50-17-9-11-19-52(50)71-48-15-7-5-13-46(48)64-62(69)71;1-3-4-2;1-3-2/h4-33H,1-3H3;3-4H,1-2H3;3H,1H2,2H3/b;4-3-;. The summed E-state index contributed by atoms with van der Waals surface area (Å²) < 4.78 is 22.0. The molecule has 7 heterocycles. The van der Waals surface area contributed by atoms with Gasteiger partial charge in [-0.3, -0.25) is 17.9 Å². The zero-order valence-corrected chi connectivity index (χ0v) is 45.1. The third-order valence-electron chi connectivity index (χ3n) is 15.0. The fraction of sp³-hybridized carbons (Fsp3) is 0.0870. The average molecular weight is 1040 g/mol. The van der Waals surface area contributed by atoms with Gasteiger partial charge in [-0.15, -0.1) is 6.58 Å². The van der Waals surface area contributed by atoms with Gasteiger partial charge in [0.05, 0.1) is 55.5 Å². The van der Waals surface area contributed by atoms with E-state index >= 15 is 0 Å². The van der Waals surface area contributed by atoms with E-state index in [2.05, 4.69) is 191 Å². The van der Waals surface area contributed by atoms with Crippen molar-refractivity contribution in [2.45, 2.75) is 41.5 Å². The minimum absolute atomic E-state index is 0.559. The third-order valence-corrected chi connectivity index (χ3v) is 15.0. The van der Waals surface area contributed by atoms with Gasteiger partial charge in [-0.1, -0.05) is 84.5 Å². The van der Waals surface area contributed by atoms with E-state index in [1.807, 2.05) is 69.3 Å². The number of furan rings is 2. The molecule has 0 amide bonds. The van der Waals surface area contributed by atoms with Gasteiger partial charge >= 0.3 is 0 Å². The molecule has 0 aliphatic carbocycles. The molecule has 11 nitrogen and oxygen atoms in total. The molecule has 0 fully saturated rings. The number of nitrogens with zero attached hydrogens (tertiary/aromatic N) is 9. The molecule has 386 valence electrons. The van der Waals surface area contributed by atoms with Gasteiger partial charge in [0.15, 0.2) is 17.5 Å². The van der Waals surface area contributed by atoms with Gasteiger partial charge < -0.3 is 8.83 Å². The maximum absolute atomic E-state index is 6.53. The molecule has 0 saturated carbocycles. The minimum Gasteiger partial charge on any atom is -0.456 e. The van der Waals surface area contributed by atoms with Crippen LogP contribution < -0.4 is 0 Å². The summed E-state index contributed by atoms with van der Waals surface area (Å²) >= 11 is 0. The maximum Gasteiger partial charge on any atom is 0.220 e. The van der Waals surface area contributed by atoms with Crippen LogP contribution in [0.25, 0.3) is 145 Å². The Balaban J connectivity index is 0.000000783. The highest BCUT2D eigenvalue weighted by Gasteiger charge is 2.23. The van der Waals surface area contributed by atoms with E-state index < -0.39 is 0 Å². The fourth-order valence-electron chi connectivity index (χ4n) is 11.6. The van der Waals surface area contributed by atoms with Crippen LogP contribution in [0.4, 0.5) is 0 Å². The summed E-state index contributed by atoms with van der Waals surface area (Å²) in [5.41, 5.74) is 19.5. The summed E-state index contributed by atoms with van der Waals surface area (Å²) in [6, 6.07) is 63.0. The lowest BCUT2D eigenvalue weighted by molar-refractivity contribution is 0.668. The molecule has 11 heteroatoms. The largest absolute Gasteiger partial charge is 0.456 e. The quantitative estimate of drug-likeness (QED) is 0.158. The SMILES string of the molecule is C/C=C\C.C=CC.Cc1cc(C)c(-c2nc(-c3ccc4oc5ccc(-n6c7ccccc7n7c8ccccc8nc67)cc5c4c3)nc(-c3ccc4oc5ccc(-n6c7ccccc7n7c8ccccc8nc67)cc5c4c3)n2)c(C)c1. The van der Waals surface area contributed by atoms with Crippen LogP contribution in [0.1, 0.15) is 37.5 Å². The van der Waals surface area contributed by atoms with Crippen LogP contribution in [-0.4, -0.2) is 42.9 Å². The zero-order chi connectivity index (χ0) is 54.3. The van der Waals surface area contributed by atoms with Gasteiger partial charge in [-0.05, 0) is 174 Å². The molecule has 0 aliphatic heterocycles. The Morgan fingerprint density at radius 3 is 1.18 bits per heavy atom. The normalized spacial score (nSPS) is 11.9. The molecule has 0 atom stereocenters. The molecule has 16 rings (SSSR count). The maximum atomic E-state index is 6.53. The predicted molar refractivity (Wildman–Crippen MR) is 327 cm³/mol. The second-order valence-electron chi connectivity index (χ2n) is 20.3. The van der Waals surface area contributed by atoms with Crippen molar-refractivity contribution in [3.63, 3.8) is 0 Å². The number of fused-ring (bicyclic) bond motifs is 16. The number of imidazole rings is 4. The van der Waals surface area contributed by atoms with Gasteiger partial charge in [0.1, 0.15) is 22.3 Å². The van der Waals surface area contributed by atoms with E-state index in [1.165, 1.54) is 5.56 Å². The number of para-hydroxylation sites is 8. The Morgan fingerprint density at radius 2 is 0.750 bits per heavy atom. The topological polar surface area (TPSA) is 109 Å². The highest BCUT2D eigenvalue weighted by Crippen LogP contribution is 2.39. The Bertz CT molecular complexity index is 4880. The predicted octanol–water partition coefficient (Wildman–Crippen LogP) is 17.9. The van der Waals surface area contributed by atoms with Crippen molar-refractivity contribution in [2.24, 2.45) is 0 Å². The summed E-state index contributed by atoms with van der Waals surface area (Å²) in [5, 5.41) is 3.87. The lowest BCUT2D eigenvalue weighted by atomic mass is 9.99. The lowest BCUT2D eigenvalue weighted by Crippen LogP contribution is -2.02. The number of hydrogen-bond donors (Lipinski definition) is 0. The molecule has 0 unspecified atom stereocenters. The van der Waals surface area contributed by atoms with Crippen LogP contribution in [0.2, 0.25) is 0 Å². The molecule has 80 heavy (non-hydrogen) atoms. The molecule has 0 spiro atoms. The average Bonchev–Trinajstić information content (AvgIpc) is 4.43. The van der Waals surface area contributed by atoms with Crippen LogP contribution in [-0.2, 0) is 0 Å². The second kappa shape index (κ2) is 19.0. The summed E-state index contributed by atoms with van der Waals surface area (Å²) in [4.78, 5) is 26.1. The van der Waals surface area contributed by atoms with Crippen LogP contribution >= 0.6 is 0 Å². The number of aromatic nitrogens is 9. The first-order valence-electron chi connectivity index (χ1n) is 26.9. The molecule has 0 radical (unpaired) electrons. The highest BCUT2D eigenvalue weighted by molar-refractivity contribution is 6.09. The second-order valence-corrected chi connectivity index (χ2v) is 20.3. The van der Waals surface area contributed by atoms with Gasteiger partial charge in [-0.25, -0.2) is 24.9 Å². The first-order valence-corrected chi connectivity index (χ1v) is 26.9. The molecular weight excluding hydrogens is 987 g/mol. The third kappa shape index (κ3) is 7.60. The number of aryl methyl sites for hydroxylation is 3. The highest BCUT2D eigenvalue weighted by atomic mass is 16.3. The summed E-state index contributed by atoms with van der Waals surface area (Å²) in [7, 11) is 0. The Kier molecular flexibility index (Phi) is 11.4.